The maximum Gasteiger partial charge on any atom is 0.121 e. The molecule has 0 amide bonds. The van der Waals surface area contributed by atoms with Gasteiger partial charge < -0.3 is 14.0 Å². The second kappa shape index (κ2) is 17.8. The Hall–Kier alpha value is -7.43. The van der Waals surface area contributed by atoms with Crippen molar-refractivity contribution >= 4 is 54.5 Å². The van der Waals surface area contributed by atoms with Crippen LogP contribution in [0.2, 0.25) is 0 Å². The molecule has 3 aromatic heterocycles. The molecule has 9 aromatic carbocycles. The molecule has 343 valence electrons. The molecule has 4 nitrogen and oxygen atoms in total. The number of furan rings is 1. The number of pyridine rings is 1. The first-order valence-electron chi connectivity index (χ1n) is 24.1. The Morgan fingerprint density at radius 3 is 2.07 bits per heavy atom. The number of hydrogen-bond donors (Lipinski definition) is 0. The van der Waals surface area contributed by atoms with Gasteiger partial charge >= 0.3 is 0 Å². The first-order chi connectivity index (χ1) is 33.6. The van der Waals surface area contributed by atoms with Gasteiger partial charge in [0.05, 0.1) is 22.4 Å². The topological polar surface area (TPSA) is 43.9 Å². The van der Waals surface area contributed by atoms with Crippen LogP contribution in [0.15, 0.2) is 193 Å². The van der Waals surface area contributed by atoms with E-state index >= 15 is 0 Å². The summed E-state index contributed by atoms with van der Waals surface area (Å²) in [4.78, 5) is 9.73. The minimum atomic E-state index is -0.0194. The smallest absolute Gasteiger partial charge is 0.121 e. The van der Waals surface area contributed by atoms with Crippen molar-refractivity contribution in [2.24, 2.45) is 0 Å². The fourth-order valence-electron chi connectivity index (χ4n) is 10.8. The summed E-state index contributed by atoms with van der Waals surface area (Å²) < 4.78 is 8.77. The monoisotopic (exact) mass is 1080 g/mol. The summed E-state index contributed by atoms with van der Waals surface area (Å²) in [6, 6.07) is 71.5. The molecule has 1 aliphatic rings. The SMILES string of the molecule is CC(C)c1cc(-c2ccccc2)cc(C(C)C)c1-n1c(-c2[c-]cc3c(ccc4ccccc43)c2)nc2ccccc21.CC1(C)c2ccccc2-c2cc3oc4c(-c5ccccn5)[c-]ccc4c3cc21.[Ir]. The third-order valence-electron chi connectivity index (χ3n) is 14.3. The van der Waals surface area contributed by atoms with Crippen LogP contribution in [0.25, 0.3) is 105 Å². The molecule has 5 heteroatoms. The Bertz CT molecular complexity index is 3910. The number of para-hydroxylation sites is 2. The minimum absolute atomic E-state index is 0. The van der Waals surface area contributed by atoms with Gasteiger partial charge in [0.1, 0.15) is 5.58 Å². The second-order valence-corrected chi connectivity index (χ2v) is 19.6. The van der Waals surface area contributed by atoms with Gasteiger partial charge in [0.2, 0.25) is 0 Å². The minimum Gasteiger partial charge on any atom is -0.501 e. The number of nitrogens with zero attached hydrogens (tertiary/aromatic N) is 3. The van der Waals surface area contributed by atoms with E-state index in [9.17, 15) is 0 Å². The Balaban J connectivity index is 0.000000160. The molecule has 3 heterocycles. The number of benzene rings is 9. The molecule has 0 bridgehead atoms. The Kier molecular flexibility index (Phi) is 11.5. The molecule has 0 fully saturated rings. The van der Waals surface area contributed by atoms with Gasteiger partial charge in [-0.15, -0.1) is 47.3 Å². The van der Waals surface area contributed by atoms with E-state index in [0.717, 1.165) is 55.6 Å². The Labute approximate surface area is 423 Å². The molecule has 0 spiro atoms. The fourth-order valence-corrected chi connectivity index (χ4v) is 10.8. The average Bonchev–Trinajstić information content (AvgIpc) is 4.03. The molecule has 0 atom stereocenters. The van der Waals surface area contributed by atoms with Gasteiger partial charge in [-0.3, -0.25) is 4.98 Å². The molecule has 0 saturated heterocycles. The van der Waals surface area contributed by atoms with Crippen molar-refractivity contribution in [3.05, 3.63) is 223 Å². The van der Waals surface area contributed by atoms with E-state index in [-0.39, 0.29) is 25.5 Å². The van der Waals surface area contributed by atoms with Crippen LogP contribution in [0.3, 0.4) is 0 Å². The van der Waals surface area contributed by atoms with Gasteiger partial charge in [0.15, 0.2) is 0 Å². The Morgan fingerprint density at radius 2 is 1.29 bits per heavy atom. The fraction of sp³-hybridized carbons (Fsp3) is 0.138. The normalized spacial score (nSPS) is 12.7. The van der Waals surface area contributed by atoms with E-state index in [0.29, 0.717) is 11.8 Å². The summed E-state index contributed by atoms with van der Waals surface area (Å²) in [6.45, 7) is 13.8. The number of hydrogen-bond acceptors (Lipinski definition) is 3. The van der Waals surface area contributed by atoms with Crippen molar-refractivity contribution < 1.29 is 24.5 Å². The number of fused-ring (bicyclic) bond motifs is 10. The van der Waals surface area contributed by atoms with Crippen LogP contribution in [0.5, 0.6) is 0 Å². The predicted molar refractivity (Wildman–Crippen MR) is 287 cm³/mol. The summed E-state index contributed by atoms with van der Waals surface area (Å²) >= 11 is 0. The van der Waals surface area contributed by atoms with Crippen LogP contribution >= 0.6 is 0 Å². The molecule has 1 aliphatic carbocycles. The zero-order valence-electron chi connectivity index (χ0n) is 40.1. The van der Waals surface area contributed by atoms with Gasteiger partial charge in [0, 0.05) is 42.8 Å². The third kappa shape index (κ3) is 7.47. The number of imidazole rings is 1. The maximum absolute atomic E-state index is 6.38. The van der Waals surface area contributed by atoms with Gasteiger partial charge in [-0.1, -0.05) is 179 Å². The van der Waals surface area contributed by atoms with Crippen LogP contribution in [0, 0.1) is 12.1 Å². The predicted octanol–water partition coefficient (Wildman–Crippen LogP) is 17.5. The third-order valence-corrected chi connectivity index (χ3v) is 14.3. The van der Waals surface area contributed by atoms with Gasteiger partial charge in [-0.05, 0) is 110 Å². The van der Waals surface area contributed by atoms with Crippen LogP contribution in [-0.4, -0.2) is 14.5 Å². The summed E-state index contributed by atoms with van der Waals surface area (Å²) in [5.41, 5.74) is 18.4. The molecule has 0 N–H and O–H groups in total. The van der Waals surface area contributed by atoms with Crippen molar-refractivity contribution in [2.75, 3.05) is 0 Å². The van der Waals surface area contributed by atoms with E-state index in [1.54, 1.807) is 6.20 Å². The van der Waals surface area contributed by atoms with Crippen LogP contribution in [0.1, 0.15) is 75.6 Å². The number of rotatable bonds is 6. The van der Waals surface area contributed by atoms with Crippen molar-refractivity contribution in [1.29, 1.82) is 0 Å². The largest absolute Gasteiger partial charge is 0.501 e. The van der Waals surface area contributed by atoms with Crippen LogP contribution in [-0.2, 0) is 25.5 Å². The summed E-state index contributed by atoms with van der Waals surface area (Å²) in [5, 5.41) is 7.18. The first-order valence-corrected chi connectivity index (χ1v) is 24.1. The zero-order valence-corrected chi connectivity index (χ0v) is 42.5. The van der Waals surface area contributed by atoms with E-state index in [4.69, 9.17) is 9.40 Å². The molecule has 70 heavy (non-hydrogen) atoms. The van der Waals surface area contributed by atoms with Crippen molar-refractivity contribution in [3.63, 3.8) is 0 Å². The molecule has 0 saturated carbocycles. The van der Waals surface area contributed by atoms with Gasteiger partial charge in [0.25, 0.3) is 0 Å². The zero-order chi connectivity index (χ0) is 47.0. The van der Waals surface area contributed by atoms with Crippen molar-refractivity contribution in [2.45, 2.75) is 58.8 Å². The Morgan fingerprint density at radius 1 is 0.571 bits per heavy atom. The summed E-state index contributed by atoms with van der Waals surface area (Å²) in [5.74, 6) is 1.58. The van der Waals surface area contributed by atoms with Gasteiger partial charge in [-0.25, -0.2) is 0 Å². The molecule has 13 rings (SSSR count). The van der Waals surface area contributed by atoms with E-state index in [1.807, 2.05) is 24.3 Å². The summed E-state index contributed by atoms with van der Waals surface area (Å²) in [6.07, 6.45) is 1.80. The molecule has 0 unspecified atom stereocenters. The van der Waals surface area contributed by atoms with Gasteiger partial charge in [-0.2, -0.15) is 0 Å². The number of aromatic nitrogens is 3. The van der Waals surface area contributed by atoms with Crippen LogP contribution in [0.4, 0.5) is 0 Å². The van der Waals surface area contributed by atoms with Crippen molar-refractivity contribution in [1.82, 2.24) is 14.5 Å². The molecular weight excluding hydrogens is 1030 g/mol. The standard InChI is InChI=1S/C39H33N2.C26H18NO.Ir/c1-25(2)34-23-31(27-12-6-5-7-13-27)24-35(26(3)4)38(34)41-37-17-11-10-16-36(37)40-39(41)30-20-21-33-29(22-30)19-18-28-14-8-9-15-32(28)33;1-26(2)21-11-4-3-8-16(21)19-15-24-20(14-22(19)26)17-9-7-10-18(25(17)28-24)23-12-5-6-13-27-23;/h5-19,21-26H,1-4H3;3-9,11-15H,1-2H3;/q2*-1;. The molecule has 0 aliphatic heterocycles. The van der Waals surface area contributed by atoms with Crippen molar-refractivity contribution in [3.8, 4) is 50.6 Å². The quantitative estimate of drug-likeness (QED) is 0.123. The summed E-state index contributed by atoms with van der Waals surface area (Å²) in [7, 11) is 0. The van der Waals surface area contributed by atoms with E-state index < -0.39 is 0 Å². The first kappa shape index (κ1) is 45.0. The van der Waals surface area contributed by atoms with E-state index in [2.05, 4.69) is 221 Å². The molecular formula is C65H51IrN3O-2. The maximum atomic E-state index is 6.38. The van der Waals surface area contributed by atoms with E-state index in [1.165, 1.54) is 71.7 Å². The molecule has 12 aromatic rings. The molecule has 1 radical (unpaired) electrons. The second-order valence-electron chi connectivity index (χ2n) is 19.6. The van der Waals surface area contributed by atoms with Crippen LogP contribution < -0.4 is 0 Å². The average molecular weight is 1080 g/mol.